The fourth-order valence-electron chi connectivity index (χ4n) is 2.54. The number of aromatic nitrogens is 3. The van der Waals surface area contributed by atoms with Crippen LogP contribution in [0.1, 0.15) is 19.4 Å². The third kappa shape index (κ3) is 5.00. The average molecular weight is 404 g/mol. The molecule has 0 saturated carbocycles. The molecule has 11 nitrogen and oxygen atoms in total. The van der Waals surface area contributed by atoms with E-state index in [1.807, 2.05) is 12.1 Å². The van der Waals surface area contributed by atoms with Gasteiger partial charge in [0.15, 0.2) is 5.71 Å². The van der Waals surface area contributed by atoms with Gasteiger partial charge in [-0.25, -0.2) is 14.0 Å². The van der Waals surface area contributed by atoms with Crippen LogP contribution >= 0.6 is 0 Å². The Morgan fingerprint density at radius 2 is 1.69 bits per heavy atom. The van der Waals surface area contributed by atoms with E-state index in [9.17, 15) is 4.79 Å². The van der Waals surface area contributed by atoms with Gasteiger partial charge in [0.1, 0.15) is 32.2 Å². The summed E-state index contributed by atoms with van der Waals surface area (Å²) in [5, 5.41) is 15.9. The molecule has 0 N–H and O–H groups in total. The summed E-state index contributed by atoms with van der Waals surface area (Å²) in [4.78, 5) is 27.5. The van der Waals surface area contributed by atoms with Gasteiger partial charge in [-0.15, -0.1) is 5.10 Å². The zero-order chi connectivity index (χ0) is 21.4. The van der Waals surface area contributed by atoms with Gasteiger partial charge >= 0.3 is 11.7 Å². The van der Waals surface area contributed by atoms with Gasteiger partial charge < -0.3 is 19.2 Å². The van der Waals surface area contributed by atoms with Crippen molar-refractivity contribution in [2.45, 2.75) is 20.5 Å². The minimum absolute atomic E-state index is 0.0960. The molecule has 0 fully saturated rings. The van der Waals surface area contributed by atoms with Crippen molar-refractivity contribution in [3.8, 4) is 11.7 Å². The Labute approximate surface area is 167 Å². The molecule has 0 aliphatic rings. The lowest BCUT2D eigenvalue weighted by molar-refractivity contribution is 0.130. The van der Waals surface area contributed by atoms with E-state index < -0.39 is 0 Å². The summed E-state index contributed by atoms with van der Waals surface area (Å²) in [7, 11) is 5.85. The summed E-state index contributed by atoms with van der Waals surface area (Å²) in [5.74, 6) is 0. The number of benzene rings is 1. The first kappa shape index (κ1) is 21.7. The van der Waals surface area contributed by atoms with Crippen LogP contribution in [0.15, 0.2) is 44.5 Å². The maximum absolute atomic E-state index is 12.4. The minimum atomic E-state index is -0.338. The summed E-state index contributed by atoms with van der Waals surface area (Å²) in [6, 6.07) is 7.40. The maximum Gasteiger partial charge on any atom is 0.353 e. The van der Waals surface area contributed by atoms with Crippen LogP contribution < -0.4 is 10.4 Å². The Morgan fingerprint density at radius 3 is 2.34 bits per heavy atom. The number of aryl methyl sites for hydroxylation is 1. The Morgan fingerprint density at radius 1 is 1.03 bits per heavy atom. The summed E-state index contributed by atoms with van der Waals surface area (Å²) in [5.41, 5.74) is 2.26. The number of hydrogen-bond acceptors (Lipinski definition) is 9. The van der Waals surface area contributed by atoms with Crippen LogP contribution in [0.4, 0.5) is 0 Å². The van der Waals surface area contributed by atoms with Crippen LogP contribution in [0.3, 0.4) is 0 Å². The molecule has 2 rings (SSSR count). The molecule has 2 aromatic rings. The molecule has 0 saturated heterocycles. The first-order valence-electron chi connectivity index (χ1n) is 8.59. The Hall–Kier alpha value is -3.63. The smallest absolute Gasteiger partial charge is 0.353 e. The van der Waals surface area contributed by atoms with Crippen molar-refractivity contribution in [1.29, 1.82) is 0 Å². The van der Waals surface area contributed by atoms with Crippen LogP contribution in [0.25, 0.3) is 5.69 Å². The van der Waals surface area contributed by atoms with Crippen LogP contribution in [-0.4, -0.2) is 52.8 Å². The Bertz CT molecular complexity index is 989. The maximum atomic E-state index is 12.4. The van der Waals surface area contributed by atoms with Crippen LogP contribution in [0, 0.1) is 0 Å². The first-order valence-corrected chi connectivity index (χ1v) is 8.59. The molecule has 1 heterocycles. The van der Waals surface area contributed by atoms with Crippen LogP contribution in [0.2, 0.25) is 0 Å². The molecule has 156 valence electrons. The van der Waals surface area contributed by atoms with Crippen LogP contribution in [-0.2, 0) is 28.2 Å². The quantitative estimate of drug-likeness (QED) is 0.462. The Kier molecular flexibility index (Phi) is 7.52. The first-order chi connectivity index (χ1) is 13.9. The number of ether oxygens (including phenoxy) is 1. The molecule has 1 aromatic carbocycles. The molecule has 0 aliphatic heterocycles. The number of methoxy groups -OCH3 is 1. The molecule has 0 spiro atoms. The normalized spacial score (nSPS) is 12.7. The lowest BCUT2D eigenvalue weighted by Gasteiger charge is -2.10. The highest BCUT2D eigenvalue weighted by molar-refractivity contribution is 6.67. The topological polar surface area (TPSA) is 114 Å². The van der Waals surface area contributed by atoms with E-state index in [-0.39, 0.29) is 18.3 Å². The zero-order valence-electron chi connectivity index (χ0n) is 17.2. The predicted octanol–water partition coefficient (Wildman–Crippen LogP) is 1.50. The molecule has 0 bridgehead atoms. The van der Waals surface area contributed by atoms with E-state index in [4.69, 9.17) is 19.2 Å². The lowest BCUT2D eigenvalue weighted by Crippen LogP contribution is -2.22. The highest BCUT2D eigenvalue weighted by Crippen LogP contribution is 2.18. The van der Waals surface area contributed by atoms with Gasteiger partial charge in [0.05, 0.1) is 12.8 Å². The number of rotatable bonds is 9. The van der Waals surface area contributed by atoms with Crippen molar-refractivity contribution in [2.75, 3.05) is 21.3 Å². The summed E-state index contributed by atoms with van der Waals surface area (Å²) in [6.07, 6.45) is 0. The molecule has 0 amide bonds. The standard InChI is InChI=1S/C18H24N6O5/c1-12(20-27-5)16(22-28-6)13(2)21-29-11-14-9-7-8-10-15(14)24-17(26-4)19-23(3)18(24)25/h7-10H,11H2,1-6H3/b20-12?,21-13+,22-16+. The fraction of sp³-hybridized carbons (Fsp3) is 0.389. The largest absolute Gasteiger partial charge is 0.467 e. The van der Waals surface area contributed by atoms with Crippen molar-refractivity contribution < 1.29 is 19.2 Å². The molecule has 29 heavy (non-hydrogen) atoms. The third-order valence-corrected chi connectivity index (χ3v) is 3.83. The second kappa shape index (κ2) is 10.1. The monoisotopic (exact) mass is 404 g/mol. The highest BCUT2D eigenvalue weighted by Gasteiger charge is 2.17. The molecule has 0 unspecified atom stereocenters. The number of oxime groups is 3. The van der Waals surface area contributed by atoms with Gasteiger partial charge in [0, 0.05) is 12.6 Å². The molecule has 11 heteroatoms. The summed E-state index contributed by atoms with van der Waals surface area (Å²) in [6.45, 7) is 3.50. The van der Waals surface area contributed by atoms with E-state index >= 15 is 0 Å². The van der Waals surface area contributed by atoms with Crippen LogP contribution in [0.5, 0.6) is 6.01 Å². The molecular weight excluding hydrogens is 380 g/mol. The van der Waals surface area contributed by atoms with Gasteiger partial charge in [-0.3, -0.25) is 0 Å². The summed E-state index contributed by atoms with van der Waals surface area (Å²) < 4.78 is 7.78. The fourth-order valence-corrected chi connectivity index (χ4v) is 2.54. The van der Waals surface area contributed by atoms with Gasteiger partial charge in [0.2, 0.25) is 0 Å². The number of nitrogens with zero attached hydrogens (tertiary/aromatic N) is 6. The van der Waals surface area contributed by atoms with Crippen molar-refractivity contribution in [2.24, 2.45) is 22.5 Å². The SMILES string of the molecule is CON=C(C)C(=N\OC)/C(C)=N/OCc1ccccc1-n1c(OC)nn(C)c1=O. The molecule has 1 aromatic heterocycles. The van der Waals surface area contributed by atoms with Gasteiger partial charge in [-0.2, -0.15) is 0 Å². The molecule has 0 radical (unpaired) electrons. The van der Waals surface area contributed by atoms with Gasteiger partial charge in [-0.1, -0.05) is 33.7 Å². The van der Waals surface area contributed by atoms with Crippen molar-refractivity contribution >= 4 is 17.1 Å². The molecular formula is C18H24N6O5. The number of hydrogen-bond donors (Lipinski definition) is 0. The number of para-hydroxylation sites is 1. The predicted molar refractivity (Wildman–Crippen MR) is 108 cm³/mol. The average Bonchev–Trinajstić information content (AvgIpc) is 3.00. The van der Waals surface area contributed by atoms with E-state index in [0.29, 0.717) is 28.4 Å². The van der Waals surface area contributed by atoms with Gasteiger partial charge in [0.25, 0.3) is 0 Å². The summed E-state index contributed by atoms with van der Waals surface area (Å²) >= 11 is 0. The van der Waals surface area contributed by atoms with E-state index in [1.165, 1.54) is 30.6 Å². The second-order valence-corrected chi connectivity index (χ2v) is 5.79. The van der Waals surface area contributed by atoms with Crippen molar-refractivity contribution in [3.05, 3.63) is 40.3 Å². The Balaban J connectivity index is 2.29. The van der Waals surface area contributed by atoms with E-state index in [0.717, 1.165) is 0 Å². The highest BCUT2D eigenvalue weighted by atomic mass is 16.6. The van der Waals surface area contributed by atoms with E-state index in [1.54, 1.807) is 33.0 Å². The van der Waals surface area contributed by atoms with Crippen molar-refractivity contribution in [3.63, 3.8) is 0 Å². The third-order valence-electron chi connectivity index (χ3n) is 3.83. The minimum Gasteiger partial charge on any atom is -0.467 e. The molecule has 0 atom stereocenters. The van der Waals surface area contributed by atoms with Crippen molar-refractivity contribution in [1.82, 2.24) is 14.3 Å². The lowest BCUT2D eigenvalue weighted by atomic mass is 10.2. The van der Waals surface area contributed by atoms with E-state index in [2.05, 4.69) is 20.6 Å². The zero-order valence-corrected chi connectivity index (χ0v) is 17.2. The molecule has 0 aliphatic carbocycles. The second-order valence-electron chi connectivity index (χ2n) is 5.79. The van der Waals surface area contributed by atoms with Gasteiger partial charge in [-0.05, 0) is 19.9 Å².